The molecule has 38 heavy (non-hydrogen) atoms. The predicted octanol–water partition coefficient (Wildman–Crippen LogP) is 3.78. The number of allylic oxidation sites excluding steroid dienone is 1. The Morgan fingerprint density at radius 2 is 1.58 bits per heavy atom. The maximum absolute atomic E-state index is 13.7. The van der Waals surface area contributed by atoms with E-state index >= 15 is 0 Å². The molecule has 0 fully saturated rings. The maximum atomic E-state index is 13.7. The standard InChI is InChI=1S/C30H23N3O5/c1-16-11-13-17(14-12-16)29(36)38-19-8-6-7-18(15-19)22-23-25(20-9-4-5-10-21(20)26(23)34)31-27-24(22)28(35)33(3)30(37)32(27)2/h4-15,22,31H,1-3H3/t22-/m1/s1. The Balaban J connectivity index is 1.52. The molecule has 1 aliphatic carbocycles. The molecule has 2 heterocycles. The number of hydrogen-bond acceptors (Lipinski definition) is 6. The summed E-state index contributed by atoms with van der Waals surface area (Å²) in [5.41, 5.74) is 3.51. The monoisotopic (exact) mass is 505 g/mol. The van der Waals surface area contributed by atoms with Crippen molar-refractivity contribution in [2.75, 3.05) is 5.32 Å². The van der Waals surface area contributed by atoms with Gasteiger partial charge in [0.05, 0.1) is 16.8 Å². The second kappa shape index (κ2) is 8.55. The number of carbonyl (C=O) groups excluding carboxylic acids is 2. The third kappa shape index (κ3) is 3.45. The van der Waals surface area contributed by atoms with Gasteiger partial charge in [0.1, 0.15) is 11.6 Å². The van der Waals surface area contributed by atoms with E-state index in [4.69, 9.17) is 4.74 Å². The van der Waals surface area contributed by atoms with Crippen molar-refractivity contribution >= 4 is 23.3 Å². The van der Waals surface area contributed by atoms with Crippen molar-refractivity contribution in [2.24, 2.45) is 14.1 Å². The third-order valence-corrected chi connectivity index (χ3v) is 7.16. The summed E-state index contributed by atoms with van der Waals surface area (Å²) in [7, 11) is 3.00. The van der Waals surface area contributed by atoms with E-state index < -0.39 is 23.1 Å². The van der Waals surface area contributed by atoms with Crippen molar-refractivity contribution in [3.63, 3.8) is 0 Å². The molecule has 4 aromatic rings. The van der Waals surface area contributed by atoms with Gasteiger partial charge in [0.2, 0.25) is 0 Å². The molecule has 0 amide bonds. The number of rotatable bonds is 3. The normalized spacial score (nSPS) is 15.4. The highest BCUT2D eigenvalue weighted by Crippen LogP contribution is 2.48. The first-order chi connectivity index (χ1) is 18.3. The lowest BCUT2D eigenvalue weighted by Gasteiger charge is -2.29. The van der Waals surface area contributed by atoms with E-state index in [9.17, 15) is 19.2 Å². The fraction of sp³-hybridized carbons (Fsp3) is 0.133. The Morgan fingerprint density at radius 1 is 0.868 bits per heavy atom. The lowest BCUT2D eigenvalue weighted by Crippen LogP contribution is -2.42. The largest absolute Gasteiger partial charge is 0.423 e. The summed E-state index contributed by atoms with van der Waals surface area (Å²) in [6, 6.07) is 21.1. The molecule has 8 heteroatoms. The second-order valence-electron chi connectivity index (χ2n) is 9.52. The molecule has 0 saturated carbocycles. The Bertz CT molecular complexity index is 1830. The molecule has 0 radical (unpaired) electrons. The number of Topliss-reactive ketones (excluding diaryl/α,β-unsaturated/α-hetero) is 1. The smallest absolute Gasteiger partial charge is 0.343 e. The molecule has 0 spiro atoms. The number of ketones is 1. The number of ether oxygens (including phenoxy) is 1. The molecule has 3 aromatic carbocycles. The number of esters is 1. The van der Waals surface area contributed by atoms with Gasteiger partial charge in [-0.05, 0) is 36.8 Å². The van der Waals surface area contributed by atoms with Crippen LogP contribution in [0.1, 0.15) is 48.9 Å². The van der Waals surface area contributed by atoms with Crippen LogP contribution in [0.25, 0.3) is 5.70 Å². The molecule has 1 aliphatic heterocycles. The summed E-state index contributed by atoms with van der Waals surface area (Å²) in [6.45, 7) is 1.93. The molecule has 2 aliphatic rings. The van der Waals surface area contributed by atoms with Gasteiger partial charge in [-0.25, -0.2) is 9.59 Å². The number of nitrogens with zero attached hydrogens (tertiary/aromatic N) is 2. The number of aromatic nitrogens is 2. The Labute approximate surface area is 217 Å². The van der Waals surface area contributed by atoms with Gasteiger partial charge in [-0.3, -0.25) is 18.7 Å². The van der Waals surface area contributed by atoms with E-state index in [1.807, 2.05) is 31.2 Å². The Morgan fingerprint density at radius 3 is 2.32 bits per heavy atom. The maximum Gasteiger partial charge on any atom is 0.343 e. The van der Waals surface area contributed by atoms with Crippen LogP contribution >= 0.6 is 0 Å². The van der Waals surface area contributed by atoms with Crippen LogP contribution in [-0.2, 0) is 14.1 Å². The average Bonchev–Trinajstić information content (AvgIpc) is 3.21. The third-order valence-electron chi connectivity index (χ3n) is 7.16. The van der Waals surface area contributed by atoms with E-state index in [-0.39, 0.29) is 17.1 Å². The van der Waals surface area contributed by atoms with E-state index in [0.717, 1.165) is 10.1 Å². The van der Waals surface area contributed by atoms with Crippen LogP contribution in [-0.4, -0.2) is 20.9 Å². The minimum Gasteiger partial charge on any atom is -0.423 e. The van der Waals surface area contributed by atoms with Gasteiger partial charge in [0.15, 0.2) is 5.78 Å². The first-order valence-electron chi connectivity index (χ1n) is 12.1. The van der Waals surface area contributed by atoms with Gasteiger partial charge in [0, 0.05) is 36.7 Å². The highest BCUT2D eigenvalue weighted by Gasteiger charge is 2.42. The summed E-state index contributed by atoms with van der Waals surface area (Å²) >= 11 is 0. The number of anilines is 1. The Hall–Kier alpha value is -4.98. The zero-order chi connectivity index (χ0) is 26.7. The summed E-state index contributed by atoms with van der Waals surface area (Å²) in [5, 5.41) is 3.22. The van der Waals surface area contributed by atoms with Crippen LogP contribution in [0.3, 0.4) is 0 Å². The van der Waals surface area contributed by atoms with E-state index in [1.165, 1.54) is 11.6 Å². The second-order valence-corrected chi connectivity index (χ2v) is 9.52. The number of hydrogen-bond donors (Lipinski definition) is 1. The molecular formula is C30H23N3O5. The van der Waals surface area contributed by atoms with Crippen LogP contribution in [0.2, 0.25) is 0 Å². The van der Waals surface area contributed by atoms with Crippen molar-refractivity contribution in [2.45, 2.75) is 12.8 Å². The first-order valence-corrected chi connectivity index (χ1v) is 12.1. The molecule has 1 atom stereocenters. The fourth-order valence-electron chi connectivity index (χ4n) is 5.20. The van der Waals surface area contributed by atoms with Crippen molar-refractivity contribution in [1.82, 2.24) is 9.13 Å². The summed E-state index contributed by atoms with van der Waals surface area (Å²) < 4.78 is 8.07. The molecule has 6 rings (SSSR count). The van der Waals surface area contributed by atoms with E-state index in [2.05, 4.69) is 5.32 Å². The lowest BCUT2D eigenvalue weighted by molar-refractivity contribution is 0.0734. The van der Waals surface area contributed by atoms with E-state index in [0.29, 0.717) is 39.3 Å². The molecule has 0 unspecified atom stereocenters. The summed E-state index contributed by atoms with van der Waals surface area (Å²) in [5.74, 6) is -0.898. The van der Waals surface area contributed by atoms with Gasteiger partial charge in [-0.2, -0.15) is 0 Å². The van der Waals surface area contributed by atoms with Crippen molar-refractivity contribution < 1.29 is 14.3 Å². The quantitative estimate of drug-likeness (QED) is 0.336. The van der Waals surface area contributed by atoms with Crippen LogP contribution in [0.4, 0.5) is 5.82 Å². The lowest BCUT2D eigenvalue weighted by atomic mass is 9.81. The molecular weight excluding hydrogens is 482 g/mol. The molecule has 1 aromatic heterocycles. The van der Waals surface area contributed by atoms with Gasteiger partial charge in [-0.1, -0.05) is 54.1 Å². The fourth-order valence-corrected chi connectivity index (χ4v) is 5.20. The molecule has 8 nitrogen and oxygen atoms in total. The number of benzene rings is 3. The minimum absolute atomic E-state index is 0.197. The number of aryl methyl sites for hydroxylation is 1. The van der Waals surface area contributed by atoms with Crippen LogP contribution < -0.4 is 21.3 Å². The van der Waals surface area contributed by atoms with Crippen LogP contribution in [0, 0.1) is 6.92 Å². The van der Waals surface area contributed by atoms with Gasteiger partial charge in [-0.15, -0.1) is 0 Å². The Kier molecular flexibility index (Phi) is 5.27. The average molecular weight is 506 g/mol. The highest BCUT2D eigenvalue weighted by atomic mass is 16.5. The predicted molar refractivity (Wildman–Crippen MR) is 143 cm³/mol. The van der Waals surface area contributed by atoms with Gasteiger partial charge < -0.3 is 10.1 Å². The van der Waals surface area contributed by atoms with Crippen molar-refractivity contribution in [1.29, 1.82) is 0 Å². The van der Waals surface area contributed by atoms with Crippen LogP contribution in [0.15, 0.2) is 88.0 Å². The number of carbonyl (C=O) groups is 2. The molecule has 0 bridgehead atoms. The first kappa shape index (κ1) is 23.4. The molecule has 0 saturated heterocycles. The van der Waals surface area contributed by atoms with E-state index in [1.54, 1.807) is 55.6 Å². The molecule has 1 N–H and O–H groups in total. The van der Waals surface area contributed by atoms with Crippen LogP contribution in [0.5, 0.6) is 5.75 Å². The highest BCUT2D eigenvalue weighted by molar-refractivity contribution is 6.23. The number of nitrogens with one attached hydrogen (secondary N) is 1. The summed E-state index contributed by atoms with van der Waals surface area (Å²) in [4.78, 5) is 52.8. The SMILES string of the molecule is Cc1ccc(C(=O)Oc2cccc([C@@H]3C4=C(Nc5c3c(=O)n(C)c(=O)n5C)c3ccccc3C4=O)c2)cc1. The summed E-state index contributed by atoms with van der Waals surface area (Å²) in [6.07, 6.45) is 0. The van der Waals surface area contributed by atoms with Gasteiger partial charge in [0.25, 0.3) is 5.56 Å². The number of fused-ring (bicyclic) bond motifs is 3. The zero-order valence-electron chi connectivity index (χ0n) is 20.9. The molecule has 188 valence electrons. The minimum atomic E-state index is -0.787. The van der Waals surface area contributed by atoms with Crippen molar-refractivity contribution in [3.05, 3.63) is 133 Å². The van der Waals surface area contributed by atoms with Gasteiger partial charge >= 0.3 is 11.7 Å². The topological polar surface area (TPSA) is 99.4 Å². The zero-order valence-corrected chi connectivity index (χ0v) is 20.9. The van der Waals surface area contributed by atoms with Crippen molar-refractivity contribution in [3.8, 4) is 5.75 Å².